The predicted octanol–water partition coefficient (Wildman–Crippen LogP) is 2.60. The molecule has 1 amide bonds. The number of anilines is 1. The number of rotatable bonds is 4. The number of aryl methyl sites for hydroxylation is 1. The molecule has 0 saturated heterocycles. The fourth-order valence-corrected chi connectivity index (χ4v) is 2.73. The second kappa shape index (κ2) is 5.62. The molecule has 108 valence electrons. The Kier molecular flexibility index (Phi) is 3.67. The number of hydrogen-bond donors (Lipinski definition) is 2. The molecule has 0 aliphatic heterocycles. The first kappa shape index (κ1) is 13.7. The van der Waals surface area contributed by atoms with Crippen molar-refractivity contribution in [1.29, 1.82) is 0 Å². The summed E-state index contributed by atoms with van der Waals surface area (Å²) in [7, 11) is 0. The first-order valence-electron chi connectivity index (χ1n) is 6.06. The van der Waals surface area contributed by atoms with Gasteiger partial charge in [0.05, 0.1) is 4.88 Å². The second-order valence-electron chi connectivity index (χ2n) is 4.29. The Morgan fingerprint density at radius 1 is 1.62 bits per heavy atom. The van der Waals surface area contributed by atoms with Crippen LogP contribution in [-0.4, -0.2) is 25.8 Å². The number of nitrogens with one attached hydrogen (secondary N) is 2. The van der Waals surface area contributed by atoms with Gasteiger partial charge in [0, 0.05) is 6.07 Å². The molecule has 9 heteroatoms. The van der Waals surface area contributed by atoms with Crippen molar-refractivity contribution in [2.45, 2.75) is 13.5 Å². The van der Waals surface area contributed by atoms with E-state index in [2.05, 4.69) is 20.7 Å². The van der Waals surface area contributed by atoms with E-state index in [4.69, 9.17) is 16.7 Å². The highest BCUT2D eigenvalue weighted by Gasteiger charge is 2.14. The summed E-state index contributed by atoms with van der Waals surface area (Å²) in [6.45, 7) is 1.80. The van der Waals surface area contributed by atoms with Crippen LogP contribution in [0.25, 0.3) is 10.7 Å². The number of aromatic nitrogens is 4. The van der Waals surface area contributed by atoms with Crippen molar-refractivity contribution in [3.63, 3.8) is 0 Å². The minimum atomic E-state index is -0.251. The number of carbonyl (C=O) groups excluding carboxylic acids is 1. The monoisotopic (exact) mass is 321 g/mol. The van der Waals surface area contributed by atoms with Crippen LogP contribution in [0.3, 0.4) is 0 Å². The molecule has 0 bridgehead atoms. The van der Waals surface area contributed by atoms with E-state index < -0.39 is 0 Å². The van der Waals surface area contributed by atoms with Crippen LogP contribution >= 0.6 is 23.6 Å². The Balaban J connectivity index is 1.80. The molecule has 3 aromatic rings. The minimum Gasteiger partial charge on any atom is -0.360 e. The minimum absolute atomic E-state index is 0.0501. The van der Waals surface area contributed by atoms with Crippen LogP contribution in [0.1, 0.15) is 5.76 Å². The van der Waals surface area contributed by atoms with E-state index in [-0.39, 0.29) is 12.5 Å². The van der Waals surface area contributed by atoms with Gasteiger partial charge in [-0.2, -0.15) is 5.10 Å². The number of amides is 1. The molecule has 3 rings (SSSR count). The van der Waals surface area contributed by atoms with E-state index in [0.29, 0.717) is 22.2 Å². The maximum atomic E-state index is 12.1. The van der Waals surface area contributed by atoms with Crippen LogP contribution in [-0.2, 0) is 11.3 Å². The third kappa shape index (κ3) is 2.93. The molecule has 2 N–H and O–H groups in total. The average Bonchev–Trinajstić information content (AvgIpc) is 3.14. The fourth-order valence-electron chi connectivity index (χ4n) is 1.81. The SMILES string of the molecule is Cc1cc(NC(=O)Cn2c(-c3cccs3)n[nH]c2=S)no1. The van der Waals surface area contributed by atoms with Crippen LogP contribution in [0.2, 0.25) is 0 Å². The number of H-pyrrole nitrogens is 1. The Morgan fingerprint density at radius 3 is 3.14 bits per heavy atom. The van der Waals surface area contributed by atoms with Gasteiger partial charge in [0.1, 0.15) is 12.3 Å². The highest BCUT2D eigenvalue weighted by molar-refractivity contribution is 7.71. The summed E-state index contributed by atoms with van der Waals surface area (Å²) in [4.78, 5) is 13.0. The standard InChI is InChI=1S/C12H11N5O2S2/c1-7-5-9(16-19-7)13-10(18)6-17-11(14-15-12(17)20)8-3-2-4-21-8/h2-5H,6H2,1H3,(H,15,20)(H,13,16,18). The Morgan fingerprint density at radius 2 is 2.48 bits per heavy atom. The zero-order valence-corrected chi connectivity index (χ0v) is 12.6. The smallest absolute Gasteiger partial charge is 0.245 e. The maximum Gasteiger partial charge on any atom is 0.245 e. The van der Waals surface area contributed by atoms with Crippen molar-refractivity contribution in [1.82, 2.24) is 19.9 Å². The lowest BCUT2D eigenvalue weighted by atomic mass is 10.4. The number of hydrogen-bond acceptors (Lipinski definition) is 6. The topological polar surface area (TPSA) is 88.7 Å². The molecule has 0 unspecified atom stereocenters. The highest BCUT2D eigenvalue weighted by Crippen LogP contribution is 2.22. The van der Waals surface area contributed by atoms with Gasteiger partial charge in [-0.15, -0.1) is 11.3 Å². The van der Waals surface area contributed by atoms with E-state index in [1.807, 2.05) is 17.5 Å². The van der Waals surface area contributed by atoms with Crippen LogP contribution in [0, 0.1) is 11.7 Å². The zero-order chi connectivity index (χ0) is 14.8. The molecule has 3 heterocycles. The van der Waals surface area contributed by atoms with Gasteiger partial charge in [0.15, 0.2) is 16.4 Å². The van der Waals surface area contributed by atoms with Crippen molar-refractivity contribution in [2.24, 2.45) is 0 Å². The molecule has 7 nitrogen and oxygen atoms in total. The lowest BCUT2D eigenvalue weighted by Crippen LogP contribution is -2.19. The van der Waals surface area contributed by atoms with Crippen LogP contribution in [0.4, 0.5) is 5.82 Å². The largest absolute Gasteiger partial charge is 0.360 e. The summed E-state index contributed by atoms with van der Waals surface area (Å²) in [5, 5.41) is 15.2. The summed E-state index contributed by atoms with van der Waals surface area (Å²) in [6, 6.07) is 5.48. The maximum absolute atomic E-state index is 12.1. The molecule has 0 atom stereocenters. The Bertz CT molecular complexity index is 815. The number of aromatic amines is 1. The van der Waals surface area contributed by atoms with Crippen molar-refractivity contribution < 1.29 is 9.32 Å². The van der Waals surface area contributed by atoms with Crippen molar-refractivity contribution in [3.05, 3.63) is 34.1 Å². The van der Waals surface area contributed by atoms with Crippen LogP contribution in [0.15, 0.2) is 28.1 Å². The van der Waals surface area contributed by atoms with E-state index in [1.165, 1.54) is 11.3 Å². The molecule has 0 aromatic carbocycles. The quantitative estimate of drug-likeness (QED) is 0.721. The highest BCUT2D eigenvalue weighted by atomic mass is 32.1. The fraction of sp³-hybridized carbons (Fsp3) is 0.167. The number of carbonyl (C=O) groups is 1. The van der Waals surface area contributed by atoms with Gasteiger partial charge in [0.2, 0.25) is 5.91 Å². The second-order valence-corrected chi connectivity index (χ2v) is 5.62. The summed E-state index contributed by atoms with van der Waals surface area (Å²) in [6.07, 6.45) is 0. The van der Waals surface area contributed by atoms with Gasteiger partial charge in [-0.1, -0.05) is 11.2 Å². The molecule has 21 heavy (non-hydrogen) atoms. The lowest BCUT2D eigenvalue weighted by molar-refractivity contribution is -0.116. The van der Waals surface area contributed by atoms with Crippen molar-refractivity contribution in [3.8, 4) is 10.7 Å². The summed E-state index contributed by atoms with van der Waals surface area (Å²) < 4.78 is 6.93. The van der Waals surface area contributed by atoms with E-state index in [0.717, 1.165) is 4.88 Å². The molecule has 0 fully saturated rings. The van der Waals surface area contributed by atoms with Gasteiger partial charge < -0.3 is 9.84 Å². The average molecular weight is 321 g/mol. The van der Waals surface area contributed by atoms with Gasteiger partial charge in [-0.25, -0.2) is 0 Å². The van der Waals surface area contributed by atoms with Crippen LogP contribution in [0.5, 0.6) is 0 Å². The molecular formula is C12H11N5O2S2. The third-order valence-corrected chi connectivity index (χ3v) is 3.87. The molecule has 0 spiro atoms. The Labute approximate surface area is 128 Å². The van der Waals surface area contributed by atoms with Gasteiger partial charge >= 0.3 is 0 Å². The molecule has 0 aliphatic carbocycles. The van der Waals surface area contributed by atoms with E-state index in [9.17, 15) is 4.79 Å². The zero-order valence-electron chi connectivity index (χ0n) is 11.0. The molecule has 3 aromatic heterocycles. The Hall–Kier alpha value is -2.26. The first-order valence-corrected chi connectivity index (χ1v) is 7.34. The predicted molar refractivity (Wildman–Crippen MR) is 80.6 cm³/mol. The molecule has 0 saturated carbocycles. The van der Waals surface area contributed by atoms with Gasteiger partial charge in [-0.3, -0.25) is 14.5 Å². The van der Waals surface area contributed by atoms with E-state index >= 15 is 0 Å². The first-order chi connectivity index (χ1) is 10.1. The third-order valence-electron chi connectivity index (χ3n) is 2.70. The van der Waals surface area contributed by atoms with Gasteiger partial charge in [-0.05, 0) is 30.6 Å². The number of thiophene rings is 1. The molecule has 0 radical (unpaired) electrons. The van der Waals surface area contributed by atoms with Crippen LogP contribution < -0.4 is 5.32 Å². The van der Waals surface area contributed by atoms with Crippen molar-refractivity contribution in [2.75, 3.05) is 5.32 Å². The molecular weight excluding hydrogens is 310 g/mol. The van der Waals surface area contributed by atoms with Crippen molar-refractivity contribution >= 4 is 35.3 Å². The van der Waals surface area contributed by atoms with Gasteiger partial charge in [0.25, 0.3) is 0 Å². The normalized spacial score (nSPS) is 10.7. The lowest BCUT2D eigenvalue weighted by Gasteiger charge is -2.05. The van der Waals surface area contributed by atoms with E-state index in [1.54, 1.807) is 17.6 Å². The summed E-state index contributed by atoms with van der Waals surface area (Å²) >= 11 is 6.70. The molecule has 0 aliphatic rings. The summed E-state index contributed by atoms with van der Waals surface area (Å²) in [5.41, 5.74) is 0. The number of nitrogens with zero attached hydrogens (tertiary/aromatic N) is 3. The summed E-state index contributed by atoms with van der Waals surface area (Å²) in [5.74, 6) is 1.40.